The molecule has 0 aliphatic carbocycles. The van der Waals surface area contributed by atoms with E-state index in [2.05, 4.69) is 14.9 Å². The summed E-state index contributed by atoms with van der Waals surface area (Å²) in [6.45, 7) is 6.33. The number of hydrogen-bond donors (Lipinski definition) is 1. The van der Waals surface area contributed by atoms with Gasteiger partial charge in [-0.05, 0) is 50.1 Å². The van der Waals surface area contributed by atoms with E-state index in [1.807, 2.05) is 26.0 Å². The number of hydrogen-bond acceptors (Lipinski definition) is 5. The molecule has 0 aliphatic rings. The maximum Gasteiger partial charge on any atom is 0.262 e. The van der Waals surface area contributed by atoms with Crippen molar-refractivity contribution in [3.05, 3.63) is 65.7 Å². The highest BCUT2D eigenvalue weighted by molar-refractivity contribution is 7.92. The van der Waals surface area contributed by atoms with E-state index in [-0.39, 0.29) is 4.90 Å². The molecule has 1 N–H and O–H groups in total. The molecule has 0 bridgehead atoms. The molecular formula is C21H23N3O3S. The average Bonchev–Trinajstić information content (AvgIpc) is 2.66. The van der Waals surface area contributed by atoms with Gasteiger partial charge < -0.3 is 4.74 Å². The Bertz CT molecular complexity index is 1060. The Kier molecular flexibility index (Phi) is 5.94. The third kappa shape index (κ3) is 4.67. The summed E-state index contributed by atoms with van der Waals surface area (Å²) in [5.74, 6) is 0.470. The van der Waals surface area contributed by atoms with Crippen LogP contribution in [0.2, 0.25) is 0 Å². The van der Waals surface area contributed by atoms with Crippen molar-refractivity contribution in [3.63, 3.8) is 0 Å². The monoisotopic (exact) mass is 397 g/mol. The van der Waals surface area contributed by atoms with Gasteiger partial charge in [0.1, 0.15) is 0 Å². The van der Waals surface area contributed by atoms with Crippen LogP contribution in [0.3, 0.4) is 0 Å². The fraction of sp³-hybridized carbons (Fsp3) is 0.238. The van der Waals surface area contributed by atoms with Crippen molar-refractivity contribution in [2.45, 2.75) is 32.1 Å². The molecule has 0 radical (unpaired) electrons. The van der Waals surface area contributed by atoms with E-state index < -0.39 is 10.0 Å². The summed E-state index contributed by atoms with van der Waals surface area (Å²) in [4.78, 5) is 0.265. The van der Waals surface area contributed by atoms with E-state index >= 15 is 0 Å². The summed E-state index contributed by atoms with van der Waals surface area (Å²) in [5.41, 5.74) is 3.58. The number of benzene rings is 2. The molecule has 0 spiro atoms. The maximum atomic E-state index is 12.8. The lowest BCUT2D eigenvalue weighted by atomic mass is 10.1. The van der Waals surface area contributed by atoms with Crippen LogP contribution in [0.5, 0.6) is 5.88 Å². The normalized spacial score (nSPS) is 11.2. The zero-order valence-corrected chi connectivity index (χ0v) is 17.0. The second-order valence-corrected chi connectivity index (χ2v) is 8.21. The Morgan fingerprint density at radius 2 is 1.82 bits per heavy atom. The minimum absolute atomic E-state index is 0.265. The molecular weight excluding hydrogens is 374 g/mol. The summed E-state index contributed by atoms with van der Waals surface area (Å²) in [7, 11) is -3.68. The number of aromatic nitrogens is 2. The first-order chi connectivity index (χ1) is 13.4. The van der Waals surface area contributed by atoms with Gasteiger partial charge in [-0.2, -0.15) is 0 Å². The van der Waals surface area contributed by atoms with E-state index in [0.29, 0.717) is 29.4 Å². The Hall–Kier alpha value is -2.93. The predicted molar refractivity (Wildman–Crippen MR) is 110 cm³/mol. The molecule has 0 saturated carbocycles. The van der Waals surface area contributed by atoms with Gasteiger partial charge in [0.25, 0.3) is 10.0 Å². The highest BCUT2D eigenvalue weighted by Gasteiger charge is 2.17. The second kappa shape index (κ2) is 8.39. The average molecular weight is 398 g/mol. The quantitative estimate of drug-likeness (QED) is 0.641. The number of nitrogens with zero attached hydrogens (tertiary/aromatic N) is 2. The van der Waals surface area contributed by atoms with Gasteiger partial charge in [-0.15, -0.1) is 10.2 Å². The number of ether oxygens (including phenoxy) is 1. The highest BCUT2D eigenvalue weighted by Crippen LogP contribution is 2.24. The van der Waals surface area contributed by atoms with E-state index in [9.17, 15) is 8.42 Å². The molecule has 1 heterocycles. The smallest absolute Gasteiger partial charge is 0.262 e. The molecule has 2 aromatic carbocycles. The minimum atomic E-state index is -3.68. The Labute approximate surface area is 165 Å². The van der Waals surface area contributed by atoms with Crippen LogP contribution in [-0.4, -0.2) is 25.2 Å². The van der Waals surface area contributed by atoms with Crippen LogP contribution in [0.4, 0.5) is 5.69 Å². The lowest BCUT2D eigenvalue weighted by Gasteiger charge is -2.12. The van der Waals surface area contributed by atoms with Crippen LogP contribution in [0.15, 0.2) is 59.5 Å². The van der Waals surface area contributed by atoms with Gasteiger partial charge in [-0.1, -0.05) is 36.8 Å². The molecule has 6 nitrogen and oxygen atoms in total. The van der Waals surface area contributed by atoms with Crippen LogP contribution in [0.25, 0.3) is 11.3 Å². The summed E-state index contributed by atoms with van der Waals surface area (Å²) >= 11 is 0. The van der Waals surface area contributed by atoms with Crippen molar-refractivity contribution in [3.8, 4) is 17.1 Å². The number of sulfonamides is 1. The van der Waals surface area contributed by atoms with Gasteiger partial charge in [0, 0.05) is 17.3 Å². The molecule has 0 atom stereocenters. The first kappa shape index (κ1) is 19.8. The van der Waals surface area contributed by atoms with Gasteiger partial charge in [-0.3, -0.25) is 4.72 Å². The fourth-order valence-corrected chi connectivity index (χ4v) is 4.09. The van der Waals surface area contributed by atoms with Crippen molar-refractivity contribution in [2.75, 3.05) is 11.3 Å². The third-order valence-corrected chi connectivity index (χ3v) is 5.67. The zero-order chi connectivity index (χ0) is 20.1. The number of aryl methyl sites for hydroxylation is 2. The Morgan fingerprint density at radius 1 is 1.00 bits per heavy atom. The van der Waals surface area contributed by atoms with E-state index in [1.165, 1.54) is 0 Å². The molecule has 1 aromatic heterocycles. The zero-order valence-electron chi connectivity index (χ0n) is 16.1. The SMILES string of the molecule is CCCOc1ccc(-c2cccc(NS(=O)(=O)c3ccc(C)cc3C)c2)nn1. The molecule has 3 aromatic rings. The van der Waals surface area contributed by atoms with Crippen LogP contribution < -0.4 is 9.46 Å². The molecule has 28 heavy (non-hydrogen) atoms. The summed E-state index contributed by atoms with van der Waals surface area (Å²) in [5, 5.41) is 8.22. The molecule has 0 amide bonds. The lowest BCUT2D eigenvalue weighted by Crippen LogP contribution is -2.14. The van der Waals surface area contributed by atoms with Crippen molar-refractivity contribution in [2.24, 2.45) is 0 Å². The Balaban J connectivity index is 1.83. The molecule has 0 aliphatic heterocycles. The van der Waals surface area contributed by atoms with Crippen molar-refractivity contribution >= 4 is 15.7 Å². The first-order valence-corrected chi connectivity index (χ1v) is 10.5. The first-order valence-electron chi connectivity index (χ1n) is 9.06. The molecule has 146 valence electrons. The maximum absolute atomic E-state index is 12.8. The fourth-order valence-electron chi connectivity index (χ4n) is 2.81. The molecule has 7 heteroatoms. The van der Waals surface area contributed by atoms with Gasteiger partial charge in [-0.25, -0.2) is 8.42 Å². The highest BCUT2D eigenvalue weighted by atomic mass is 32.2. The summed E-state index contributed by atoms with van der Waals surface area (Å²) in [6.07, 6.45) is 0.895. The second-order valence-electron chi connectivity index (χ2n) is 6.56. The number of anilines is 1. The molecule has 0 saturated heterocycles. The van der Waals surface area contributed by atoms with E-state index in [1.54, 1.807) is 49.4 Å². The van der Waals surface area contributed by atoms with Crippen LogP contribution >= 0.6 is 0 Å². The van der Waals surface area contributed by atoms with Crippen molar-refractivity contribution in [1.29, 1.82) is 0 Å². The summed E-state index contributed by atoms with van der Waals surface area (Å²) < 4.78 is 33.6. The van der Waals surface area contributed by atoms with E-state index in [0.717, 1.165) is 17.5 Å². The van der Waals surface area contributed by atoms with Gasteiger partial charge in [0.2, 0.25) is 5.88 Å². The standard InChI is InChI=1S/C21H23N3O3S/c1-4-12-27-21-11-9-19(22-23-21)17-6-5-7-18(14-17)24-28(25,26)20-10-8-15(2)13-16(20)3/h5-11,13-14,24H,4,12H2,1-3H3. The van der Waals surface area contributed by atoms with E-state index in [4.69, 9.17) is 4.74 Å². The van der Waals surface area contributed by atoms with Crippen molar-refractivity contribution < 1.29 is 13.2 Å². The number of rotatable bonds is 7. The largest absolute Gasteiger partial charge is 0.477 e. The van der Waals surface area contributed by atoms with Crippen LogP contribution in [-0.2, 0) is 10.0 Å². The van der Waals surface area contributed by atoms with Gasteiger partial charge >= 0.3 is 0 Å². The molecule has 0 fully saturated rings. The lowest BCUT2D eigenvalue weighted by molar-refractivity contribution is 0.302. The minimum Gasteiger partial charge on any atom is -0.477 e. The molecule has 0 unspecified atom stereocenters. The predicted octanol–water partition coefficient (Wildman–Crippen LogP) is 4.35. The van der Waals surface area contributed by atoms with Crippen LogP contribution in [0.1, 0.15) is 24.5 Å². The Morgan fingerprint density at radius 3 is 2.50 bits per heavy atom. The third-order valence-electron chi connectivity index (χ3n) is 4.12. The number of nitrogens with one attached hydrogen (secondary N) is 1. The van der Waals surface area contributed by atoms with Gasteiger partial charge in [0.05, 0.1) is 17.2 Å². The van der Waals surface area contributed by atoms with Crippen molar-refractivity contribution in [1.82, 2.24) is 10.2 Å². The van der Waals surface area contributed by atoms with Gasteiger partial charge in [0.15, 0.2) is 0 Å². The summed E-state index contributed by atoms with van der Waals surface area (Å²) in [6, 6.07) is 15.9. The topological polar surface area (TPSA) is 81.2 Å². The molecule has 3 rings (SSSR count). The van der Waals surface area contributed by atoms with Crippen LogP contribution in [0, 0.1) is 13.8 Å².